The van der Waals surface area contributed by atoms with Gasteiger partial charge >= 0.3 is 0 Å². The fraction of sp³-hybridized carbons (Fsp3) is 0.933. The molecule has 2 heterocycles. The lowest BCUT2D eigenvalue weighted by molar-refractivity contribution is -0.140. The van der Waals surface area contributed by atoms with E-state index in [0.29, 0.717) is 23.8 Å². The molecule has 3 nitrogen and oxygen atoms in total. The first-order valence-electron chi connectivity index (χ1n) is 7.69. The van der Waals surface area contributed by atoms with Gasteiger partial charge in [-0.25, -0.2) is 0 Å². The van der Waals surface area contributed by atoms with E-state index in [1.165, 1.54) is 25.7 Å². The van der Waals surface area contributed by atoms with Crippen LogP contribution in [0.2, 0.25) is 0 Å². The summed E-state index contributed by atoms with van der Waals surface area (Å²) >= 11 is 0. The highest BCUT2D eigenvalue weighted by Crippen LogP contribution is 2.26. The standard InChI is InChI=1S/C15H28N2O/c1-12(2)11-14-5-3-4-10-17(14)15(18)13-6-8-16-9-7-13/h12-14,16H,3-11H2,1-2H3. The highest BCUT2D eigenvalue weighted by Gasteiger charge is 2.32. The van der Waals surface area contributed by atoms with Gasteiger partial charge in [0.25, 0.3) is 0 Å². The first-order chi connectivity index (χ1) is 8.68. The van der Waals surface area contributed by atoms with Gasteiger partial charge in [-0.2, -0.15) is 0 Å². The third kappa shape index (κ3) is 3.47. The van der Waals surface area contributed by atoms with Crippen LogP contribution in [0.15, 0.2) is 0 Å². The molecule has 104 valence electrons. The normalized spacial score (nSPS) is 26.6. The summed E-state index contributed by atoms with van der Waals surface area (Å²) in [6.45, 7) is 7.56. The minimum absolute atomic E-state index is 0.291. The van der Waals surface area contributed by atoms with Crippen LogP contribution in [-0.4, -0.2) is 36.5 Å². The summed E-state index contributed by atoms with van der Waals surface area (Å²) in [5.41, 5.74) is 0. The molecule has 0 aliphatic carbocycles. The number of likely N-dealkylation sites (tertiary alicyclic amines) is 1. The lowest BCUT2D eigenvalue weighted by Gasteiger charge is -2.39. The van der Waals surface area contributed by atoms with E-state index in [9.17, 15) is 4.79 Å². The SMILES string of the molecule is CC(C)CC1CCCCN1C(=O)C1CCNCC1. The van der Waals surface area contributed by atoms with Gasteiger partial charge in [-0.1, -0.05) is 13.8 Å². The third-order valence-electron chi connectivity index (χ3n) is 4.34. The topological polar surface area (TPSA) is 32.3 Å². The molecule has 0 saturated carbocycles. The van der Waals surface area contributed by atoms with Crippen LogP contribution in [-0.2, 0) is 4.79 Å². The average Bonchev–Trinajstić information content (AvgIpc) is 2.39. The van der Waals surface area contributed by atoms with Crippen molar-refractivity contribution in [3.63, 3.8) is 0 Å². The van der Waals surface area contributed by atoms with E-state index in [1.54, 1.807) is 0 Å². The van der Waals surface area contributed by atoms with Crippen molar-refractivity contribution in [2.45, 2.75) is 58.4 Å². The quantitative estimate of drug-likeness (QED) is 0.836. The Morgan fingerprint density at radius 1 is 1.22 bits per heavy atom. The molecule has 3 heteroatoms. The molecule has 2 aliphatic rings. The summed E-state index contributed by atoms with van der Waals surface area (Å²) in [5.74, 6) is 1.43. The predicted octanol–water partition coefficient (Wildman–Crippen LogP) is 2.41. The molecule has 2 saturated heterocycles. The monoisotopic (exact) mass is 252 g/mol. The van der Waals surface area contributed by atoms with Gasteiger partial charge in [-0.05, 0) is 57.5 Å². The maximum absolute atomic E-state index is 12.6. The van der Waals surface area contributed by atoms with Gasteiger partial charge in [0.15, 0.2) is 0 Å². The molecule has 1 N–H and O–H groups in total. The van der Waals surface area contributed by atoms with Gasteiger partial charge in [-0.15, -0.1) is 0 Å². The van der Waals surface area contributed by atoms with Crippen molar-refractivity contribution in [1.82, 2.24) is 10.2 Å². The molecule has 0 bridgehead atoms. The van der Waals surface area contributed by atoms with Gasteiger partial charge in [0.05, 0.1) is 0 Å². The van der Waals surface area contributed by atoms with Crippen molar-refractivity contribution < 1.29 is 4.79 Å². The molecule has 0 spiro atoms. The Morgan fingerprint density at radius 3 is 2.61 bits per heavy atom. The van der Waals surface area contributed by atoms with Gasteiger partial charge in [0, 0.05) is 18.5 Å². The zero-order chi connectivity index (χ0) is 13.0. The molecule has 2 rings (SSSR count). The van der Waals surface area contributed by atoms with E-state index in [2.05, 4.69) is 24.1 Å². The largest absolute Gasteiger partial charge is 0.339 e. The Balaban J connectivity index is 1.96. The van der Waals surface area contributed by atoms with Crippen molar-refractivity contribution in [2.24, 2.45) is 11.8 Å². The van der Waals surface area contributed by atoms with Crippen LogP contribution < -0.4 is 5.32 Å². The average molecular weight is 252 g/mol. The maximum atomic E-state index is 12.6. The molecule has 2 fully saturated rings. The smallest absolute Gasteiger partial charge is 0.226 e. The second-order valence-electron chi connectivity index (χ2n) is 6.34. The third-order valence-corrected chi connectivity index (χ3v) is 4.34. The van der Waals surface area contributed by atoms with Crippen LogP contribution in [0.1, 0.15) is 52.4 Å². The maximum Gasteiger partial charge on any atom is 0.226 e. The zero-order valence-electron chi connectivity index (χ0n) is 12.0. The number of piperidine rings is 2. The van der Waals surface area contributed by atoms with E-state index in [-0.39, 0.29) is 0 Å². The highest BCUT2D eigenvalue weighted by molar-refractivity contribution is 5.79. The lowest BCUT2D eigenvalue weighted by Crippen LogP contribution is -2.48. The molecular weight excluding hydrogens is 224 g/mol. The van der Waals surface area contributed by atoms with Crippen LogP contribution in [0.5, 0.6) is 0 Å². The zero-order valence-corrected chi connectivity index (χ0v) is 12.0. The number of carbonyl (C=O) groups is 1. The molecular formula is C15H28N2O. The second kappa shape index (κ2) is 6.55. The first-order valence-corrected chi connectivity index (χ1v) is 7.69. The summed E-state index contributed by atoms with van der Waals surface area (Å²) in [6, 6.07) is 0.515. The Labute approximate surface area is 111 Å². The van der Waals surface area contributed by atoms with Gasteiger partial charge in [0.2, 0.25) is 5.91 Å². The van der Waals surface area contributed by atoms with Gasteiger partial charge < -0.3 is 10.2 Å². The first kappa shape index (κ1) is 13.9. The summed E-state index contributed by atoms with van der Waals surface area (Å²) in [5, 5.41) is 3.35. The molecule has 1 atom stereocenters. The molecule has 0 aromatic carbocycles. The lowest BCUT2D eigenvalue weighted by atomic mass is 9.90. The van der Waals surface area contributed by atoms with Crippen molar-refractivity contribution in [3.05, 3.63) is 0 Å². The minimum Gasteiger partial charge on any atom is -0.339 e. The number of nitrogens with one attached hydrogen (secondary N) is 1. The number of carbonyl (C=O) groups excluding carboxylic acids is 1. The molecule has 1 unspecified atom stereocenters. The summed E-state index contributed by atoms with van der Waals surface area (Å²) in [6.07, 6.45) is 6.96. The molecule has 2 aliphatic heterocycles. The second-order valence-corrected chi connectivity index (χ2v) is 6.34. The van der Waals surface area contributed by atoms with Crippen LogP contribution in [0.3, 0.4) is 0 Å². The van der Waals surface area contributed by atoms with Crippen LogP contribution in [0, 0.1) is 11.8 Å². The summed E-state index contributed by atoms with van der Waals surface area (Å²) in [4.78, 5) is 14.9. The van der Waals surface area contributed by atoms with Crippen LogP contribution in [0.25, 0.3) is 0 Å². The minimum atomic E-state index is 0.291. The van der Waals surface area contributed by atoms with E-state index in [1.807, 2.05) is 0 Å². The fourth-order valence-corrected chi connectivity index (χ4v) is 3.38. The Hall–Kier alpha value is -0.570. The van der Waals surface area contributed by atoms with Gasteiger partial charge in [0.1, 0.15) is 0 Å². The van der Waals surface area contributed by atoms with Crippen molar-refractivity contribution in [3.8, 4) is 0 Å². The highest BCUT2D eigenvalue weighted by atomic mass is 16.2. The van der Waals surface area contributed by atoms with E-state index in [4.69, 9.17) is 0 Å². The molecule has 18 heavy (non-hydrogen) atoms. The number of hydrogen-bond acceptors (Lipinski definition) is 2. The Bertz CT molecular complexity index is 272. The van der Waals surface area contributed by atoms with E-state index >= 15 is 0 Å². The molecule has 0 aromatic rings. The van der Waals surface area contributed by atoms with Crippen LogP contribution in [0.4, 0.5) is 0 Å². The predicted molar refractivity (Wildman–Crippen MR) is 74.4 cm³/mol. The Morgan fingerprint density at radius 2 is 1.94 bits per heavy atom. The molecule has 1 amide bonds. The number of nitrogens with zero attached hydrogens (tertiary/aromatic N) is 1. The van der Waals surface area contributed by atoms with Crippen molar-refractivity contribution in [2.75, 3.05) is 19.6 Å². The van der Waals surface area contributed by atoms with E-state index in [0.717, 1.165) is 32.5 Å². The fourth-order valence-electron chi connectivity index (χ4n) is 3.38. The number of rotatable bonds is 3. The van der Waals surface area contributed by atoms with E-state index < -0.39 is 0 Å². The van der Waals surface area contributed by atoms with Crippen molar-refractivity contribution >= 4 is 5.91 Å². The number of amides is 1. The van der Waals surface area contributed by atoms with Crippen LogP contribution >= 0.6 is 0 Å². The Kier molecular flexibility index (Phi) is 5.04. The number of hydrogen-bond donors (Lipinski definition) is 1. The molecule has 0 aromatic heterocycles. The summed E-state index contributed by atoms with van der Waals surface area (Å²) < 4.78 is 0. The van der Waals surface area contributed by atoms with Gasteiger partial charge in [-0.3, -0.25) is 4.79 Å². The summed E-state index contributed by atoms with van der Waals surface area (Å²) in [7, 11) is 0. The van der Waals surface area contributed by atoms with Crippen molar-refractivity contribution in [1.29, 1.82) is 0 Å². The molecule has 0 radical (unpaired) electrons.